The van der Waals surface area contributed by atoms with Gasteiger partial charge in [-0.05, 0) is 43.3 Å². The number of carbonyl (C=O) groups is 1. The van der Waals surface area contributed by atoms with E-state index in [0.29, 0.717) is 17.0 Å². The van der Waals surface area contributed by atoms with Gasteiger partial charge in [-0.2, -0.15) is 0 Å². The number of methoxy groups -OCH3 is 1. The molecule has 0 radical (unpaired) electrons. The van der Waals surface area contributed by atoms with Crippen LogP contribution in [0.1, 0.15) is 22.8 Å². The molecule has 0 fully saturated rings. The van der Waals surface area contributed by atoms with Gasteiger partial charge in [-0.15, -0.1) is 0 Å². The molecule has 3 aromatic carbocycles. The maximum Gasteiger partial charge on any atom is 0.264 e. The number of fused-ring (bicyclic) bond motifs is 1. The number of nitrogens with zero attached hydrogens (tertiary/aromatic N) is 1. The van der Waals surface area contributed by atoms with Crippen molar-refractivity contribution in [2.45, 2.75) is 18.4 Å². The summed E-state index contributed by atoms with van der Waals surface area (Å²) in [6.45, 7) is 2.12. The van der Waals surface area contributed by atoms with Gasteiger partial charge < -0.3 is 19.6 Å². The van der Waals surface area contributed by atoms with Crippen LogP contribution in [0.15, 0.2) is 88.7 Å². The number of nitrogens with one attached hydrogen (secondary N) is 2. The Hall–Kier alpha value is -4.04. The molecule has 4 N–H and O–H groups in total. The topological polar surface area (TPSA) is 175 Å². The zero-order chi connectivity index (χ0) is 28.6. The van der Waals surface area contributed by atoms with E-state index in [1.165, 1.54) is 35.8 Å². The van der Waals surface area contributed by atoms with Crippen LogP contribution in [0, 0.1) is 0 Å². The Labute approximate surface area is 228 Å². The summed E-state index contributed by atoms with van der Waals surface area (Å²) in [5.41, 5.74) is 1.04. The number of ether oxygens (including phenoxy) is 1. The zero-order valence-electron chi connectivity index (χ0n) is 21.1. The number of hydrogen-bond acceptors (Lipinski definition) is 7. The number of rotatable bonds is 8. The van der Waals surface area contributed by atoms with Gasteiger partial charge in [0.2, 0.25) is 5.43 Å². The average Bonchev–Trinajstić information content (AvgIpc) is 2.92. The maximum absolute atomic E-state index is 13.4. The first-order valence-electron chi connectivity index (χ1n) is 11.6. The fourth-order valence-corrected chi connectivity index (χ4v) is 5.36. The standard InChI is InChI=1S/C26H25N3O5S.H3NO2S/c1-3-29(19-10-5-4-6-11-19)35(32,33)20-13-14-23-21(15-20)25(30)22(17-27-23)26(31)28-16-18-9-7-8-12-24(18)34-2;1-4(2)3/h4-15,17H,3,16H2,1-2H3,(H,27,30)(H,28,31);1H2,(H,2,3)/p-1. The van der Waals surface area contributed by atoms with Crippen LogP contribution in [-0.4, -0.2) is 41.7 Å². The Bertz CT molecular complexity index is 1640. The van der Waals surface area contributed by atoms with E-state index in [4.69, 9.17) is 13.5 Å². The molecule has 0 aliphatic carbocycles. The molecule has 13 heteroatoms. The molecule has 11 nitrogen and oxygen atoms in total. The van der Waals surface area contributed by atoms with Crippen LogP contribution in [0.5, 0.6) is 5.75 Å². The van der Waals surface area contributed by atoms with Crippen molar-refractivity contribution in [1.29, 1.82) is 0 Å². The lowest BCUT2D eigenvalue weighted by Gasteiger charge is -2.23. The van der Waals surface area contributed by atoms with E-state index in [9.17, 15) is 18.0 Å². The number of para-hydroxylation sites is 2. The number of carbonyl (C=O) groups excluding carboxylic acids is 1. The molecule has 1 atom stereocenters. The number of anilines is 1. The lowest BCUT2D eigenvalue weighted by molar-refractivity contribution is 0.0949. The van der Waals surface area contributed by atoms with Gasteiger partial charge in [-0.25, -0.2) is 8.42 Å². The van der Waals surface area contributed by atoms with Crippen molar-refractivity contribution in [3.8, 4) is 5.75 Å². The van der Waals surface area contributed by atoms with Gasteiger partial charge in [0.05, 0.1) is 17.7 Å². The molecule has 0 bridgehead atoms. The van der Waals surface area contributed by atoms with Gasteiger partial charge in [0.25, 0.3) is 15.9 Å². The first-order valence-corrected chi connectivity index (χ1v) is 14.1. The second-order valence-electron chi connectivity index (χ2n) is 8.00. The van der Waals surface area contributed by atoms with Crippen molar-refractivity contribution in [2.24, 2.45) is 5.14 Å². The predicted octanol–water partition coefficient (Wildman–Crippen LogP) is 2.42. The summed E-state index contributed by atoms with van der Waals surface area (Å²) in [7, 11) is -2.39. The van der Waals surface area contributed by atoms with Crippen LogP contribution >= 0.6 is 0 Å². The molecule has 1 heterocycles. The van der Waals surface area contributed by atoms with E-state index >= 15 is 0 Å². The monoisotopic (exact) mass is 571 g/mol. The molecule has 1 amide bonds. The van der Waals surface area contributed by atoms with Crippen LogP contribution < -0.4 is 24.9 Å². The second kappa shape index (κ2) is 13.2. The SMILES string of the molecule is CCN(c1ccccc1)S(=O)(=O)c1ccc2[nH]cc(C(=O)NCc3ccccc3OC)c(=O)c2c1.NS(=O)[O-]. The van der Waals surface area contributed by atoms with Crippen LogP contribution in [0.3, 0.4) is 0 Å². The number of H-pyrrole nitrogens is 1. The highest BCUT2D eigenvalue weighted by Gasteiger charge is 2.24. The maximum atomic E-state index is 13.4. The first-order chi connectivity index (χ1) is 18.6. The summed E-state index contributed by atoms with van der Waals surface area (Å²) in [5, 5.41) is 6.86. The predicted molar refractivity (Wildman–Crippen MR) is 148 cm³/mol. The Morgan fingerprint density at radius 3 is 2.38 bits per heavy atom. The van der Waals surface area contributed by atoms with E-state index in [1.54, 1.807) is 43.3 Å². The molecular formula is C26H27N4O7S2-. The largest absolute Gasteiger partial charge is 0.760 e. The molecule has 206 valence electrons. The van der Waals surface area contributed by atoms with Gasteiger partial charge >= 0.3 is 0 Å². The Morgan fingerprint density at radius 2 is 1.74 bits per heavy atom. The van der Waals surface area contributed by atoms with Gasteiger partial charge in [-0.3, -0.25) is 23.2 Å². The highest BCUT2D eigenvalue weighted by molar-refractivity contribution is 7.92. The van der Waals surface area contributed by atoms with Crippen LogP contribution in [0.4, 0.5) is 5.69 Å². The molecule has 0 aliphatic heterocycles. The summed E-state index contributed by atoms with van der Waals surface area (Å²) in [5.74, 6) is 0.0424. The zero-order valence-corrected chi connectivity index (χ0v) is 22.8. The smallest absolute Gasteiger partial charge is 0.264 e. The molecule has 0 spiro atoms. The number of aromatic nitrogens is 1. The van der Waals surface area contributed by atoms with Gasteiger partial charge in [0, 0.05) is 47.0 Å². The van der Waals surface area contributed by atoms with E-state index in [0.717, 1.165) is 5.56 Å². The minimum atomic E-state index is -3.93. The Morgan fingerprint density at radius 1 is 1.10 bits per heavy atom. The minimum absolute atomic E-state index is 0.0345. The minimum Gasteiger partial charge on any atom is -0.760 e. The average molecular weight is 572 g/mol. The van der Waals surface area contributed by atoms with Gasteiger partial charge in [-0.1, -0.05) is 36.4 Å². The van der Waals surface area contributed by atoms with Crippen molar-refractivity contribution in [1.82, 2.24) is 10.3 Å². The summed E-state index contributed by atoms with van der Waals surface area (Å²) in [6, 6.07) is 20.3. The molecule has 1 unspecified atom stereocenters. The fourth-order valence-electron chi connectivity index (χ4n) is 3.86. The van der Waals surface area contributed by atoms with Crippen LogP contribution in [0.25, 0.3) is 10.9 Å². The number of aromatic amines is 1. The number of hydrogen-bond donors (Lipinski definition) is 3. The van der Waals surface area contributed by atoms with E-state index in [2.05, 4.69) is 15.4 Å². The Kier molecular flexibility index (Phi) is 9.95. The number of amides is 1. The lowest BCUT2D eigenvalue weighted by Crippen LogP contribution is -2.31. The molecule has 0 aliphatic rings. The van der Waals surface area contributed by atoms with Crippen molar-refractivity contribution >= 4 is 43.8 Å². The van der Waals surface area contributed by atoms with E-state index in [1.807, 2.05) is 18.2 Å². The molecule has 0 saturated heterocycles. The van der Waals surface area contributed by atoms with E-state index in [-0.39, 0.29) is 28.9 Å². The van der Waals surface area contributed by atoms with E-state index < -0.39 is 32.6 Å². The highest BCUT2D eigenvalue weighted by atomic mass is 32.2. The molecule has 39 heavy (non-hydrogen) atoms. The lowest BCUT2D eigenvalue weighted by atomic mass is 10.1. The molecular weight excluding hydrogens is 544 g/mol. The van der Waals surface area contributed by atoms with Crippen LogP contribution in [-0.2, 0) is 27.8 Å². The normalized spacial score (nSPS) is 11.7. The van der Waals surface area contributed by atoms with Gasteiger partial charge in [0.1, 0.15) is 11.3 Å². The molecule has 4 rings (SSSR count). The molecule has 1 aromatic heterocycles. The quantitative estimate of drug-likeness (QED) is 0.272. The van der Waals surface area contributed by atoms with Crippen LogP contribution in [0.2, 0.25) is 0 Å². The highest BCUT2D eigenvalue weighted by Crippen LogP contribution is 2.25. The number of sulfonamides is 1. The number of nitrogens with two attached hydrogens (primary N) is 1. The summed E-state index contributed by atoms with van der Waals surface area (Å²) < 4.78 is 50.9. The number of pyridine rings is 1. The third kappa shape index (κ3) is 7.09. The number of benzene rings is 3. The summed E-state index contributed by atoms with van der Waals surface area (Å²) in [6.07, 6.45) is 1.33. The third-order valence-electron chi connectivity index (χ3n) is 5.65. The summed E-state index contributed by atoms with van der Waals surface area (Å²) >= 11 is -2.36. The first kappa shape index (κ1) is 29.5. The van der Waals surface area contributed by atoms with Crippen molar-refractivity contribution in [3.63, 3.8) is 0 Å². The summed E-state index contributed by atoms with van der Waals surface area (Å²) in [4.78, 5) is 28.9. The Balaban J connectivity index is 0.000000983. The van der Waals surface area contributed by atoms with Crippen molar-refractivity contribution in [2.75, 3.05) is 18.0 Å². The van der Waals surface area contributed by atoms with Crippen molar-refractivity contribution in [3.05, 3.63) is 100 Å². The third-order valence-corrected chi connectivity index (χ3v) is 7.55. The second-order valence-corrected chi connectivity index (χ2v) is 10.4. The fraction of sp³-hybridized carbons (Fsp3) is 0.154. The van der Waals surface area contributed by atoms with Gasteiger partial charge in [0.15, 0.2) is 0 Å². The van der Waals surface area contributed by atoms with Crippen molar-refractivity contribution < 1.29 is 26.7 Å². The molecule has 4 aromatic rings. The molecule has 0 saturated carbocycles.